The highest BCUT2D eigenvalue weighted by molar-refractivity contribution is 5.85. The molecule has 2 aromatic heterocycles. The van der Waals surface area contributed by atoms with Gasteiger partial charge in [-0.25, -0.2) is 14.3 Å². The van der Waals surface area contributed by atoms with Gasteiger partial charge < -0.3 is 9.84 Å². The molecule has 84 valence electrons. The van der Waals surface area contributed by atoms with Crippen molar-refractivity contribution >= 4 is 11.6 Å². The minimum absolute atomic E-state index is 0.261. The Morgan fingerprint density at radius 2 is 2.38 bits per heavy atom. The molecule has 2 aromatic rings. The van der Waals surface area contributed by atoms with Crippen LogP contribution in [-0.2, 0) is 11.3 Å². The molecule has 0 fully saturated rings. The lowest BCUT2D eigenvalue weighted by atomic mass is 10.4. The van der Waals surface area contributed by atoms with Crippen molar-refractivity contribution in [1.29, 1.82) is 0 Å². The van der Waals surface area contributed by atoms with Gasteiger partial charge in [-0.3, -0.25) is 9.89 Å². The number of rotatable bonds is 3. The van der Waals surface area contributed by atoms with E-state index in [0.29, 0.717) is 12.3 Å². The third-order valence-electron chi connectivity index (χ3n) is 2.02. The summed E-state index contributed by atoms with van der Waals surface area (Å²) >= 11 is 0. The van der Waals surface area contributed by atoms with Gasteiger partial charge in [-0.15, -0.1) is 0 Å². The second-order valence-corrected chi connectivity index (χ2v) is 3.19. The van der Waals surface area contributed by atoms with Crippen LogP contribution in [0.15, 0.2) is 16.9 Å². The van der Waals surface area contributed by atoms with Gasteiger partial charge >= 0.3 is 5.97 Å². The Kier molecular flexibility index (Phi) is 2.45. The van der Waals surface area contributed by atoms with Crippen molar-refractivity contribution in [2.75, 3.05) is 7.11 Å². The number of methoxy groups -OCH3 is 1. The van der Waals surface area contributed by atoms with Gasteiger partial charge in [-0.2, -0.15) is 0 Å². The number of nitrogens with zero attached hydrogens (tertiary/aromatic N) is 2. The first-order valence-electron chi connectivity index (χ1n) is 4.46. The number of carboxylic acids is 1. The van der Waals surface area contributed by atoms with Crippen molar-refractivity contribution in [2.24, 2.45) is 0 Å². The number of ether oxygens (including phenoxy) is 1. The number of fused-ring (bicyclic) bond motifs is 1. The molecular formula is C9H9N3O4. The van der Waals surface area contributed by atoms with Crippen LogP contribution in [0.2, 0.25) is 0 Å². The highest BCUT2D eigenvalue weighted by atomic mass is 16.5. The lowest BCUT2D eigenvalue weighted by Gasteiger charge is -1.94. The van der Waals surface area contributed by atoms with Crippen molar-refractivity contribution in [3.05, 3.63) is 33.9 Å². The summed E-state index contributed by atoms with van der Waals surface area (Å²) in [5, 5.41) is 11.5. The average Bonchev–Trinajstić information content (AvgIpc) is 2.61. The highest BCUT2D eigenvalue weighted by Crippen LogP contribution is 2.03. The summed E-state index contributed by atoms with van der Waals surface area (Å²) in [6.45, 7) is 0.297. The maximum atomic E-state index is 11.5. The molecular weight excluding hydrogens is 214 g/mol. The highest BCUT2D eigenvalue weighted by Gasteiger charge is 2.10. The van der Waals surface area contributed by atoms with E-state index in [2.05, 4.69) is 10.1 Å². The van der Waals surface area contributed by atoms with Crippen LogP contribution in [0.3, 0.4) is 0 Å². The molecule has 2 heterocycles. The first kappa shape index (κ1) is 10.4. The SMILES string of the molecule is COCc1cc2nc(C(=O)O)cc(=O)n2[nH]1. The van der Waals surface area contributed by atoms with E-state index < -0.39 is 11.5 Å². The smallest absolute Gasteiger partial charge is 0.354 e. The third-order valence-corrected chi connectivity index (χ3v) is 2.02. The predicted molar refractivity (Wildman–Crippen MR) is 53.5 cm³/mol. The van der Waals surface area contributed by atoms with Crippen LogP contribution in [-0.4, -0.2) is 32.8 Å². The van der Waals surface area contributed by atoms with E-state index in [4.69, 9.17) is 9.84 Å². The number of hydrogen-bond donors (Lipinski definition) is 2. The van der Waals surface area contributed by atoms with Gasteiger partial charge in [0.1, 0.15) is 0 Å². The molecule has 7 heteroatoms. The minimum Gasteiger partial charge on any atom is -0.477 e. The fourth-order valence-electron chi connectivity index (χ4n) is 1.38. The molecule has 0 amide bonds. The maximum absolute atomic E-state index is 11.5. The Balaban J connectivity index is 2.63. The van der Waals surface area contributed by atoms with Crippen LogP contribution in [0.1, 0.15) is 16.2 Å². The standard InChI is InChI=1S/C9H9N3O4/c1-16-4-5-2-7-10-6(9(14)15)3-8(13)12(7)11-5/h2-3,11H,4H2,1H3,(H,14,15). The fourth-order valence-corrected chi connectivity index (χ4v) is 1.38. The number of nitrogens with one attached hydrogen (secondary N) is 1. The van der Waals surface area contributed by atoms with E-state index in [1.54, 1.807) is 6.07 Å². The van der Waals surface area contributed by atoms with Crippen molar-refractivity contribution < 1.29 is 14.6 Å². The predicted octanol–water partition coefficient (Wildman–Crippen LogP) is -0.133. The Morgan fingerprint density at radius 1 is 1.62 bits per heavy atom. The molecule has 0 radical (unpaired) electrons. The average molecular weight is 223 g/mol. The summed E-state index contributed by atoms with van der Waals surface area (Å²) in [6, 6.07) is 2.53. The van der Waals surface area contributed by atoms with Crippen molar-refractivity contribution in [3.63, 3.8) is 0 Å². The summed E-state index contributed by atoms with van der Waals surface area (Å²) < 4.78 is 6.05. The molecule has 2 N–H and O–H groups in total. The van der Waals surface area contributed by atoms with Crippen molar-refractivity contribution in [3.8, 4) is 0 Å². The lowest BCUT2D eigenvalue weighted by Crippen LogP contribution is -2.17. The van der Waals surface area contributed by atoms with Crippen LogP contribution < -0.4 is 5.56 Å². The van der Waals surface area contributed by atoms with Gasteiger partial charge in [-0.1, -0.05) is 0 Å². The van der Waals surface area contributed by atoms with Gasteiger partial charge in [0.2, 0.25) is 0 Å². The van der Waals surface area contributed by atoms with Gasteiger partial charge in [0.25, 0.3) is 5.56 Å². The zero-order valence-corrected chi connectivity index (χ0v) is 8.43. The first-order valence-corrected chi connectivity index (χ1v) is 4.46. The van der Waals surface area contributed by atoms with E-state index in [1.165, 1.54) is 11.6 Å². The number of carbonyl (C=O) groups is 1. The first-order chi connectivity index (χ1) is 7.61. The normalized spacial score (nSPS) is 10.8. The van der Waals surface area contributed by atoms with Crippen LogP contribution in [0.5, 0.6) is 0 Å². The topological polar surface area (TPSA) is 96.7 Å². The maximum Gasteiger partial charge on any atom is 0.354 e. The zero-order valence-electron chi connectivity index (χ0n) is 8.43. The molecule has 0 aliphatic rings. The molecule has 7 nitrogen and oxygen atoms in total. The number of H-pyrrole nitrogens is 1. The minimum atomic E-state index is -1.23. The van der Waals surface area contributed by atoms with E-state index in [1.807, 2.05) is 0 Å². The molecule has 2 rings (SSSR count). The van der Waals surface area contributed by atoms with Gasteiger partial charge in [0.15, 0.2) is 11.3 Å². The van der Waals surface area contributed by atoms with Gasteiger partial charge in [0.05, 0.1) is 12.3 Å². The molecule has 0 aromatic carbocycles. The number of carboxylic acid groups (broad SMARTS) is 1. The Morgan fingerprint density at radius 3 is 3.00 bits per heavy atom. The molecule has 0 saturated carbocycles. The second-order valence-electron chi connectivity index (χ2n) is 3.19. The summed E-state index contributed by atoms with van der Waals surface area (Å²) in [6.07, 6.45) is 0. The summed E-state index contributed by atoms with van der Waals surface area (Å²) in [4.78, 5) is 26.0. The van der Waals surface area contributed by atoms with E-state index >= 15 is 0 Å². The zero-order chi connectivity index (χ0) is 11.7. The molecule has 0 atom stereocenters. The molecule has 0 spiro atoms. The molecule has 0 saturated heterocycles. The second kappa shape index (κ2) is 3.78. The fraction of sp³-hybridized carbons (Fsp3) is 0.222. The lowest BCUT2D eigenvalue weighted by molar-refractivity contribution is 0.0690. The summed E-state index contributed by atoms with van der Waals surface area (Å²) in [5.41, 5.74) is 0.171. The van der Waals surface area contributed by atoms with Crippen LogP contribution in [0.4, 0.5) is 0 Å². The summed E-state index contributed by atoms with van der Waals surface area (Å²) in [7, 11) is 1.52. The van der Waals surface area contributed by atoms with Crippen LogP contribution in [0, 0.1) is 0 Å². The number of aromatic amines is 1. The number of aromatic nitrogens is 3. The van der Waals surface area contributed by atoms with Gasteiger partial charge in [0, 0.05) is 19.2 Å². The number of hydrogen-bond acceptors (Lipinski definition) is 4. The van der Waals surface area contributed by atoms with Crippen LogP contribution >= 0.6 is 0 Å². The molecule has 0 unspecified atom stereocenters. The molecule has 16 heavy (non-hydrogen) atoms. The molecule has 0 bridgehead atoms. The van der Waals surface area contributed by atoms with Crippen molar-refractivity contribution in [2.45, 2.75) is 6.61 Å². The Bertz CT molecular complexity index is 598. The quantitative estimate of drug-likeness (QED) is 0.755. The van der Waals surface area contributed by atoms with Crippen molar-refractivity contribution in [1.82, 2.24) is 14.6 Å². The van der Waals surface area contributed by atoms with E-state index in [9.17, 15) is 9.59 Å². The summed E-state index contributed by atoms with van der Waals surface area (Å²) in [5.74, 6) is -1.23. The van der Waals surface area contributed by atoms with E-state index in [0.717, 1.165) is 6.07 Å². The number of aromatic carboxylic acids is 1. The monoisotopic (exact) mass is 223 g/mol. The Hall–Kier alpha value is -2.15. The largest absolute Gasteiger partial charge is 0.477 e. The van der Waals surface area contributed by atoms with Gasteiger partial charge in [-0.05, 0) is 0 Å². The van der Waals surface area contributed by atoms with E-state index in [-0.39, 0.29) is 11.3 Å². The third kappa shape index (κ3) is 1.68. The van der Waals surface area contributed by atoms with Crippen LogP contribution in [0.25, 0.3) is 5.65 Å². The molecule has 0 aliphatic heterocycles. The molecule has 0 aliphatic carbocycles. The Labute approximate surface area is 89.3 Å².